The van der Waals surface area contributed by atoms with Gasteiger partial charge in [0, 0.05) is 31.3 Å². The van der Waals surface area contributed by atoms with Crippen LogP contribution in [0.1, 0.15) is 23.7 Å². The highest BCUT2D eigenvalue weighted by atomic mass is 35.5. The Morgan fingerprint density at radius 1 is 1.13 bits per heavy atom. The summed E-state index contributed by atoms with van der Waals surface area (Å²) in [7, 11) is 0. The summed E-state index contributed by atoms with van der Waals surface area (Å²) in [6.45, 7) is 3.63. The number of aromatic nitrogens is 2. The minimum absolute atomic E-state index is 0. The monoisotopic (exact) mass is 450 g/mol. The van der Waals surface area contributed by atoms with Crippen LogP contribution >= 0.6 is 24.8 Å². The quantitative estimate of drug-likeness (QED) is 0.523. The Kier molecular flexibility index (Phi) is 11.0. The maximum absolute atomic E-state index is 12.4. The molecule has 0 fully saturated rings. The highest BCUT2D eigenvalue weighted by Crippen LogP contribution is 2.17. The number of rotatable bonds is 9. The SMILES string of the molecule is CCOc1ccccc1CNC(=O)[C@@H](N)Cc1cn(Cc2ccccc2)cn1.Cl.Cl. The standard InChI is InChI=1S/C22H26N4O2.2ClH/c1-2-28-21-11-7-6-10-18(21)13-24-22(27)20(23)12-19-15-26(16-25-19)14-17-8-4-3-5-9-17;;/h3-11,15-16,20H,2,12-14,23H2,1H3,(H,24,27);2*1H/t20-;;/m0../s1. The van der Waals surface area contributed by atoms with Crippen molar-refractivity contribution in [1.82, 2.24) is 14.9 Å². The van der Waals surface area contributed by atoms with Crippen molar-refractivity contribution >= 4 is 30.7 Å². The van der Waals surface area contributed by atoms with Crippen molar-refractivity contribution < 1.29 is 9.53 Å². The van der Waals surface area contributed by atoms with E-state index in [1.807, 2.05) is 60.2 Å². The summed E-state index contributed by atoms with van der Waals surface area (Å²) in [6.07, 6.45) is 4.09. The Bertz CT molecular complexity index is 903. The molecule has 0 saturated heterocycles. The number of nitrogens with one attached hydrogen (secondary N) is 1. The number of carbonyl (C=O) groups excluding carboxylic acids is 1. The fraction of sp³-hybridized carbons (Fsp3) is 0.273. The summed E-state index contributed by atoms with van der Waals surface area (Å²) in [5.41, 5.74) is 9.00. The molecular weight excluding hydrogens is 423 g/mol. The van der Waals surface area contributed by atoms with Gasteiger partial charge >= 0.3 is 0 Å². The Hall–Kier alpha value is -2.54. The molecule has 2 aromatic carbocycles. The molecule has 1 heterocycles. The van der Waals surface area contributed by atoms with Gasteiger partial charge in [-0.2, -0.15) is 0 Å². The highest BCUT2D eigenvalue weighted by Gasteiger charge is 2.16. The third-order valence-corrected chi connectivity index (χ3v) is 4.39. The van der Waals surface area contributed by atoms with Crippen LogP contribution in [-0.2, 0) is 24.3 Å². The third-order valence-electron chi connectivity index (χ3n) is 4.39. The van der Waals surface area contributed by atoms with Gasteiger partial charge in [0.05, 0.1) is 24.7 Å². The molecule has 162 valence electrons. The number of hydrogen-bond donors (Lipinski definition) is 2. The van der Waals surface area contributed by atoms with Gasteiger partial charge in [0.15, 0.2) is 0 Å². The first-order chi connectivity index (χ1) is 13.7. The number of halogens is 2. The van der Waals surface area contributed by atoms with E-state index in [0.717, 1.165) is 23.6 Å². The Labute approximate surface area is 189 Å². The maximum Gasteiger partial charge on any atom is 0.237 e. The molecule has 0 spiro atoms. The Morgan fingerprint density at radius 3 is 2.57 bits per heavy atom. The molecule has 3 rings (SSSR count). The van der Waals surface area contributed by atoms with Gasteiger partial charge in [-0.1, -0.05) is 48.5 Å². The van der Waals surface area contributed by atoms with E-state index < -0.39 is 6.04 Å². The summed E-state index contributed by atoms with van der Waals surface area (Å²) in [4.78, 5) is 16.8. The van der Waals surface area contributed by atoms with Gasteiger partial charge in [-0.15, -0.1) is 24.8 Å². The van der Waals surface area contributed by atoms with Gasteiger partial charge in [0.1, 0.15) is 5.75 Å². The first-order valence-corrected chi connectivity index (χ1v) is 9.44. The zero-order valence-electron chi connectivity index (χ0n) is 16.9. The second kappa shape index (κ2) is 12.9. The molecule has 0 bridgehead atoms. The second-order valence-electron chi connectivity index (χ2n) is 6.59. The molecule has 0 radical (unpaired) electrons. The third kappa shape index (κ3) is 7.37. The minimum atomic E-state index is -0.653. The van der Waals surface area contributed by atoms with Crippen LogP contribution in [-0.4, -0.2) is 28.1 Å². The lowest BCUT2D eigenvalue weighted by molar-refractivity contribution is -0.122. The van der Waals surface area contributed by atoms with E-state index in [-0.39, 0.29) is 30.7 Å². The van der Waals surface area contributed by atoms with Crippen LogP contribution < -0.4 is 15.8 Å². The van der Waals surface area contributed by atoms with Crippen LogP contribution in [0.15, 0.2) is 67.1 Å². The number of nitrogens with zero attached hydrogens (tertiary/aromatic N) is 2. The van der Waals surface area contributed by atoms with E-state index in [0.29, 0.717) is 19.6 Å². The number of carbonyl (C=O) groups is 1. The molecule has 3 N–H and O–H groups in total. The topological polar surface area (TPSA) is 82.2 Å². The first-order valence-electron chi connectivity index (χ1n) is 9.44. The van der Waals surface area contributed by atoms with Crippen LogP contribution in [0.2, 0.25) is 0 Å². The zero-order chi connectivity index (χ0) is 19.8. The van der Waals surface area contributed by atoms with Gasteiger partial charge in [0.2, 0.25) is 5.91 Å². The summed E-state index contributed by atoms with van der Waals surface area (Å²) >= 11 is 0. The average Bonchev–Trinajstić information content (AvgIpc) is 3.14. The van der Waals surface area contributed by atoms with Gasteiger partial charge in [-0.3, -0.25) is 4.79 Å². The van der Waals surface area contributed by atoms with Crippen LogP contribution in [0, 0.1) is 0 Å². The average molecular weight is 451 g/mol. The number of amides is 1. The number of para-hydroxylation sites is 1. The summed E-state index contributed by atoms with van der Waals surface area (Å²) in [5, 5.41) is 2.89. The van der Waals surface area contributed by atoms with Crippen molar-refractivity contribution in [3.05, 3.63) is 83.9 Å². The largest absolute Gasteiger partial charge is 0.494 e. The molecule has 30 heavy (non-hydrogen) atoms. The normalized spacial score (nSPS) is 11.0. The fourth-order valence-corrected chi connectivity index (χ4v) is 2.97. The van der Waals surface area contributed by atoms with E-state index in [9.17, 15) is 4.79 Å². The molecule has 1 atom stereocenters. The van der Waals surface area contributed by atoms with Gasteiger partial charge in [-0.25, -0.2) is 4.98 Å². The highest BCUT2D eigenvalue weighted by molar-refractivity contribution is 5.85. The molecule has 1 aromatic heterocycles. The number of hydrogen-bond acceptors (Lipinski definition) is 4. The molecule has 0 saturated carbocycles. The van der Waals surface area contributed by atoms with Gasteiger partial charge in [0.25, 0.3) is 0 Å². The molecule has 0 aliphatic rings. The Balaban J connectivity index is 0.00000225. The van der Waals surface area contributed by atoms with E-state index in [1.165, 1.54) is 5.56 Å². The van der Waals surface area contributed by atoms with Crippen LogP contribution in [0.5, 0.6) is 5.75 Å². The number of ether oxygens (including phenoxy) is 1. The molecular formula is C22H28Cl2N4O2. The summed E-state index contributed by atoms with van der Waals surface area (Å²) in [6, 6.07) is 17.2. The summed E-state index contributed by atoms with van der Waals surface area (Å²) < 4.78 is 7.58. The van der Waals surface area contributed by atoms with Crippen molar-refractivity contribution in [3.8, 4) is 5.75 Å². The lowest BCUT2D eigenvalue weighted by Crippen LogP contribution is -2.41. The van der Waals surface area contributed by atoms with Crippen molar-refractivity contribution in [2.24, 2.45) is 5.73 Å². The second-order valence-corrected chi connectivity index (χ2v) is 6.59. The summed E-state index contributed by atoms with van der Waals surface area (Å²) in [5.74, 6) is 0.572. The zero-order valence-corrected chi connectivity index (χ0v) is 18.5. The fourth-order valence-electron chi connectivity index (χ4n) is 2.97. The first kappa shape index (κ1) is 25.5. The molecule has 0 unspecified atom stereocenters. The molecule has 1 amide bonds. The van der Waals surface area contributed by atoms with E-state index in [1.54, 1.807) is 6.33 Å². The predicted molar refractivity (Wildman–Crippen MR) is 123 cm³/mol. The van der Waals surface area contributed by atoms with Gasteiger partial charge < -0.3 is 20.4 Å². The molecule has 0 aliphatic heterocycles. The number of nitrogens with two attached hydrogens (primary N) is 1. The Morgan fingerprint density at radius 2 is 1.83 bits per heavy atom. The minimum Gasteiger partial charge on any atom is -0.494 e. The molecule has 0 aliphatic carbocycles. The van der Waals surface area contributed by atoms with Crippen molar-refractivity contribution in [2.75, 3.05) is 6.61 Å². The lowest BCUT2D eigenvalue weighted by atomic mass is 10.1. The lowest BCUT2D eigenvalue weighted by Gasteiger charge is -2.13. The smallest absolute Gasteiger partial charge is 0.237 e. The maximum atomic E-state index is 12.4. The number of imidazole rings is 1. The van der Waals surface area contributed by atoms with Crippen LogP contribution in [0.25, 0.3) is 0 Å². The van der Waals surface area contributed by atoms with E-state index in [2.05, 4.69) is 22.4 Å². The predicted octanol–water partition coefficient (Wildman–Crippen LogP) is 3.36. The van der Waals surface area contributed by atoms with E-state index in [4.69, 9.17) is 10.5 Å². The van der Waals surface area contributed by atoms with Crippen LogP contribution in [0.3, 0.4) is 0 Å². The van der Waals surface area contributed by atoms with Crippen LogP contribution in [0.4, 0.5) is 0 Å². The number of benzene rings is 2. The van der Waals surface area contributed by atoms with E-state index >= 15 is 0 Å². The van der Waals surface area contributed by atoms with Gasteiger partial charge in [-0.05, 0) is 18.6 Å². The van der Waals surface area contributed by atoms with Crippen molar-refractivity contribution in [3.63, 3.8) is 0 Å². The van der Waals surface area contributed by atoms with Crippen molar-refractivity contribution in [1.29, 1.82) is 0 Å². The molecule has 8 heteroatoms. The molecule has 6 nitrogen and oxygen atoms in total. The molecule has 3 aromatic rings. The van der Waals surface area contributed by atoms with Crippen molar-refractivity contribution in [2.45, 2.75) is 32.5 Å².